The first-order valence-electron chi connectivity index (χ1n) is 5.64. The lowest BCUT2D eigenvalue weighted by Crippen LogP contribution is -2.28. The van der Waals surface area contributed by atoms with Crippen molar-refractivity contribution in [1.29, 1.82) is 0 Å². The first-order valence-corrected chi connectivity index (χ1v) is 5.64. The molecule has 19 heavy (non-hydrogen) atoms. The minimum Gasteiger partial charge on any atom is -0.432 e. The molecule has 1 aromatic carbocycles. The van der Waals surface area contributed by atoms with E-state index in [1.165, 1.54) is 6.07 Å². The SMILES string of the molecule is CNCC(C)C(=O)Nc1ccc(OC(F)F)c(F)c1. The summed E-state index contributed by atoms with van der Waals surface area (Å²) >= 11 is 0. The Morgan fingerprint density at radius 1 is 1.42 bits per heavy atom. The van der Waals surface area contributed by atoms with Crippen molar-refractivity contribution in [2.75, 3.05) is 18.9 Å². The molecule has 4 nitrogen and oxygen atoms in total. The minimum absolute atomic E-state index is 0.187. The summed E-state index contributed by atoms with van der Waals surface area (Å²) in [6.07, 6.45) is 0. The summed E-state index contributed by atoms with van der Waals surface area (Å²) in [7, 11) is 1.71. The van der Waals surface area contributed by atoms with Crippen molar-refractivity contribution in [2.24, 2.45) is 5.92 Å². The fourth-order valence-electron chi connectivity index (χ4n) is 1.43. The van der Waals surface area contributed by atoms with Crippen LogP contribution < -0.4 is 15.4 Å². The molecule has 0 saturated carbocycles. The van der Waals surface area contributed by atoms with Crippen molar-refractivity contribution in [2.45, 2.75) is 13.5 Å². The molecular weight excluding hydrogens is 261 g/mol. The molecule has 0 fully saturated rings. The molecule has 0 saturated heterocycles. The molecule has 1 atom stereocenters. The van der Waals surface area contributed by atoms with Crippen LogP contribution in [0.25, 0.3) is 0 Å². The molecule has 106 valence electrons. The van der Waals surface area contributed by atoms with E-state index in [0.29, 0.717) is 6.54 Å². The fraction of sp³-hybridized carbons (Fsp3) is 0.417. The number of carbonyl (C=O) groups excluding carboxylic acids is 1. The maximum absolute atomic E-state index is 13.4. The van der Waals surface area contributed by atoms with Gasteiger partial charge in [-0.15, -0.1) is 0 Å². The van der Waals surface area contributed by atoms with E-state index in [4.69, 9.17) is 0 Å². The number of amides is 1. The number of alkyl halides is 2. The van der Waals surface area contributed by atoms with Crippen molar-refractivity contribution in [3.63, 3.8) is 0 Å². The highest BCUT2D eigenvalue weighted by molar-refractivity contribution is 5.92. The van der Waals surface area contributed by atoms with Crippen LogP contribution in [0.2, 0.25) is 0 Å². The maximum atomic E-state index is 13.4. The second kappa shape index (κ2) is 6.98. The lowest BCUT2D eigenvalue weighted by molar-refractivity contribution is -0.119. The van der Waals surface area contributed by atoms with Gasteiger partial charge in [-0.2, -0.15) is 8.78 Å². The van der Waals surface area contributed by atoms with Gasteiger partial charge in [0.05, 0.1) is 0 Å². The summed E-state index contributed by atoms with van der Waals surface area (Å²) in [4.78, 5) is 11.7. The minimum atomic E-state index is -3.09. The molecule has 7 heteroatoms. The molecular formula is C12H15F3N2O2. The summed E-state index contributed by atoms with van der Waals surface area (Å²) in [6.45, 7) is -0.914. The normalized spacial score (nSPS) is 12.3. The van der Waals surface area contributed by atoms with E-state index >= 15 is 0 Å². The highest BCUT2D eigenvalue weighted by atomic mass is 19.3. The molecule has 1 unspecified atom stereocenters. The van der Waals surface area contributed by atoms with E-state index in [0.717, 1.165) is 12.1 Å². The summed E-state index contributed by atoms with van der Waals surface area (Å²) < 4.78 is 41.2. The van der Waals surface area contributed by atoms with Gasteiger partial charge in [-0.25, -0.2) is 4.39 Å². The van der Waals surface area contributed by atoms with Gasteiger partial charge in [0.2, 0.25) is 5.91 Å². The van der Waals surface area contributed by atoms with Crippen LogP contribution in [-0.4, -0.2) is 26.1 Å². The Hall–Kier alpha value is -1.76. The van der Waals surface area contributed by atoms with Crippen LogP contribution in [0.5, 0.6) is 5.75 Å². The van der Waals surface area contributed by atoms with Gasteiger partial charge in [0, 0.05) is 24.2 Å². The summed E-state index contributed by atoms with van der Waals surface area (Å²) in [5.41, 5.74) is 0.187. The van der Waals surface area contributed by atoms with E-state index in [9.17, 15) is 18.0 Å². The van der Waals surface area contributed by atoms with Crippen LogP contribution in [0.3, 0.4) is 0 Å². The summed E-state index contributed by atoms with van der Waals surface area (Å²) in [5, 5.41) is 5.32. The van der Waals surface area contributed by atoms with E-state index in [1.807, 2.05) is 0 Å². The molecule has 1 amide bonds. The van der Waals surface area contributed by atoms with Crippen LogP contribution in [0.4, 0.5) is 18.9 Å². The molecule has 0 aliphatic heterocycles. The number of rotatable bonds is 6. The molecule has 0 spiro atoms. The summed E-state index contributed by atoms with van der Waals surface area (Å²) in [5.74, 6) is -2.11. The molecule has 1 aromatic rings. The summed E-state index contributed by atoms with van der Waals surface area (Å²) in [6, 6.07) is 3.27. The zero-order valence-electron chi connectivity index (χ0n) is 10.5. The quantitative estimate of drug-likeness (QED) is 0.837. The lowest BCUT2D eigenvalue weighted by Gasteiger charge is -2.12. The second-order valence-electron chi connectivity index (χ2n) is 3.97. The van der Waals surface area contributed by atoms with Gasteiger partial charge < -0.3 is 15.4 Å². The Kier molecular flexibility index (Phi) is 5.62. The van der Waals surface area contributed by atoms with Crippen molar-refractivity contribution < 1.29 is 22.7 Å². The van der Waals surface area contributed by atoms with Crippen molar-refractivity contribution in [1.82, 2.24) is 5.32 Å². The van der Waals surface area contributed by atoms with Gasteiger partial charge in [0.15, 0.2) is 11.6 Å². The van der Waals surface area contributed by atoms with E-state index < -0.39 is 18.2 Å². The van der Waals surface area contributed by atoms with Gasteiger partial charge in [-0.05, 0) is 19.2 Å². The zero-order valence-corrected chi connectivity index (χ0v) is 10.5. The van der Waals surface area contributed by atoms with Crippen LogP contribution in [0, 0.1) is 11.7 Å². The molecule has 2 N–H and O–H groups in total. The highest BCUT2D eigenvalue weighted by Gasteiger charge is 2.14. The Morgan fingerprint density at radius 3 is 2.63 bits per heavy atom. The van der Waals surface area contributed by atoms with Gasteiger partial charge in [0.25, 0.3) is 0 Å². The van der Waals surface area contributed by atoms with Gasteiger partial charge in [-0.1, -0.05) is 6.92 Å². The highest BCUT2D eigenvalue weighted by Crippen LogP contribution is 2.23. The Balaban J connectivity index is 2.70. The Labute approximate surface area is 108 Å². The largest absolute Gasteiger partial charge is 0.432 e. The fourth-order valence-corrected chi connectivity index (χ4v) is 1.43. The van der Waals surface area contributed by atoms with Crippen LogP contribution in [0.15, 0.2) is 18.2 Å². The smallest absolute Gasteiger partial charge is 0.387 e. The van der Waals surface area contributed by atoms with E-state index in [-0.39, 0.29) is 17.5 Å². The maximum Gasteiger partial charge on any atom is 0.387 e. The van der Waals surface area contributed by atoms with Gasteiger partial charge in [0.1, 0.15) is 0 Å². The first kappa shape index (κ1) is 15.3. The predicted octanol–water partition coefficient (Wildman–Crippen LogP) is 2.22. The average molecular weight is 276 g/mol. The van der Waals surface area contributed by atoms with Crippen molar-refractivity contribution in [3.05, 3.63) is 24.0 Å². The number of halogens is 3. The van der Waals surface area contributed by atoms with Gasteiger partial charge >= 0.3 is 6.61 Å². The molecule has 0 aromatic heterocycles. The van der Waals surface area contributed by atoms with Gasteiger partial charge in [-0.3, -0.25) is 4.79 Å². The predicted molar refractivity (Wildman–Crippen MR) is 64.8 cm³/mol. The second-order valence-corrected chi connectivity index (χ2v) is 3.97. The third-order valence-corrected chi connectivity index (χ3v) is 2.37. The number of ether oxygens (including phenoxy) is 1. The number of carbonyl (C=O) groups is 1. The standard InChI is InChI=1S/C12H15F3N2O2/c1-7(6-16-2)11(18)17-8-3-4-10(9(13)5-8)19-12(14)15/h3-5,7,12,16H,6H2,1-2H3,(H,17,18). The number of anilines is 1. The number of hydrogen-bond donors (Lipinski definition) is 2. The van der Waals surface area contributed by atoms with Crippen LogP contribution >= 0.6 is 0 Å². The van der Waals surface area contributed by atoms with E-state index in [2.05, 4.69) is 15.4 Å². The third-order valence-electron chi connectivity index (χ3n) is 2.37. The average Bonchev–Trinajstić information content (AvgIpc) is 2.32. The number of benzene rings is 1. The molecule has 0 heterocycles. The van der Waals surface area contributed by atoms with Crippen molar-refractivity contribution >= 4 is 11.6 Å². The Morgan fingerprint density at radius 2 is 2.11 bits per heavy atom. The molecule has 0 aliphatic carbocycles. The molecule has 0 aliphatic rings. The first-order chi connectivity index (χ1) is 8.93. The number of hydrogen-bond acceptors (Lipinski definition) is 3. The monoisotopic (exact) mass is 276 g/mol. The number of nitrogens with one attached hydrogen (secondary N) is 2. The van der Waals surface area contributed by atoms with Crippen LogP contribution in [-0.2, 0) is 4.79 Å². The molecule has 0 bridgehead atoms. The molecule has 0 radical (unpaired) electrons. The zero-order chi connectivity index (χ0) is 14.4. The van der Waals surface area contributed by atoms with Crippen molar-refractivity contribution in [3.8, 4) is 5.75 Å². The lowest BCUT2D eigenvalue weighted by atomic mass is 10.1. The molecule has 1 rings (SSSR count). The van der Waals surface area contributed by atoms with E-state index in [1.54, 1.807) is 14.0 Å². The third kappa shape index (κ3) is 4.78. The Bertz CT molecular complexity index is 441. The van der Waals surface area contributed by atoms with Crippen LogP contribution in [0.1, 0.15) is 6.92 Å². The topological polar surface area (TPSA) is 50.4 Å².